The van der Waals surface area contributed by atoms with Gasteiger partial charge >= 0.3 is 0 Å². The maximum Gasteiger partial charge on any atom is 0.243 e. The Kier molecular flexibility index (Phi) is 4.70. The Morgan fingerprint density at radius 2 is 2.15 bits per heavy atom. The second-order valence-electron chi connectivity index (χ2n) is 5.61. The van der Waals surface area contributed by atoms with Crippen LogP contribution in [0.1, 0.15) is 32.3 Å². The van der Waals surface area contributed by atoms with E-state index in [-0.39, 0.29) is 0 Å². The largest absolute Gasteiger partial charge is 0.385 e. The fourth-order valence-electron chi connectivity index (χ4n) is 2.55. The Balaban J connectivity index is 2.34. The van der Waals surface area contributed by atoms with E-state index in [1.165, 1.54) is 4.31 Å². The summed E-state index contributed by atoms with van der Waals surface area (Å²) in [6, 6.07) is 5.51. The molecule has 1 unspecified atom stereocenters. The van der Waals surface area contributed by atoms with E-state index in [9.17, 15) is 8.42 Å². The topological polar surface area (TPSA) is 49.4 Å². The quantitative estimate of drug-likeness (QED) is 0.909. The second-order valence-corrected chi connectivity index (χ2v) is 7.62. The number of nitrogens with zero attached hydrogens (tertiary/aromatic N) is 1. The van der Waals surface area contributed by atoms with Crippen molar-refractivity contribution in [3.63, 3.8) is 0 Å². The van der Waals surface area contributed by atoms with Crippen LogP contribution in [0.25, 0.3) is 0 Å². The van der Waals surface area contributed by atoms with Gasteiger partial charge < -0.3 is 5.32 Å². The maximum absolute atomic E-state index is 12.8. The van der Waals surface area contributed by atoms with Gasteiger partial charge in [0.1, 0.15) is 0 Å². The SMILES string of the molecule is CCC(C)CN(C)S(=O)(=O)c1cccc2c1CCCN2. The fourth-order valence-corrected chi connectivity index (χ4v) is 4.11. The molecule has 1 aliphatic heterocycles. The molecule has 2 rings (SSSR count). The van der Waals surface area contributed by atoms with Gasteiger partial charge in [-0.15, -0.1) is 0 Å². The van der Waals surface area contributed by atoms with Gasteiger partial charge in [0.25, 0.3) is 0 Å². The molecule has 0 aliphatic carbocycles. The lowest BCUT2D eigenvalue weighted by atomic mass is 10.0. The minimum Gasteiger partial charge on any atom is -0.385 e. The first-order chi connectivity index (χ1) is 9.46. The van der Waals surface area contributed by atoms with Gasteiger partial charge in [0.15, 0.2) is 0 Å². The Bertz CT molecular complexity index is 569. The summed E-state index contributed by atoms with van der Waals surface area (Å²) in [5.41, 5.74) is 1.91. The molecule has 1 N–H and O–H groups in total. The van der Waals surface area contributed by atoms with Gasteiger partial charge in [0, 0.05) is 25.8 Å². The number of fused-ring (bicyclic) bond motifs is 1. The van der Waals surface area contributed by atoms with E-state index < -0.39 is 10.0 Å². The Morgan fingerprint density at radius 1 is 1.40 bits per heavy atom. The van der Waals surface area contributed by atoms with Crippen molar-refractivity contribution in [2.24, 2.45) is 5.92 Å². The average molecular weight is 296 g/mol. The van der Waals surface area contributed by atoms with Crippen molar-refractivity contribution in [2.45, 2.75) is 38.0 Å². The second kappa shape index (κ2) is 6.14. The molecule has 0 amide bonds. The van der Waals surface area contributed by atoms with Crippen LogP contribution in [-0.2, 0) is 16.4 Å². The van der Waals surface area contributed by atoms with Crippen LogP contribution < -0.4 is 5.32 Å². The number of rotatable bonds is 5. The molecule has 0 aromatic heterocycles. The third kappa shape index (κ3) is 2.99. The molecule has 0 fully saturated rings. The first-order valence-electron chi connectivity index (χ1n) is 7.29. The summed E-state index contributed by atoms with van der Waals surface area (Å²) in [4.78, 5) is 0.466. The van der Waals surface area contributed by atoms with Crippen LogP contribution in [0.3, 0.4) is 0 Å². The molecule has 0 saturated carbocycles. The average Bonchev–Trinajstić information content (AvgIpc) is 2.46. The molecule has 1 atom stereocenters. The smallest absolute Gasteiger partial charge is 0.243 e. The van der Waals surface area contributed by atoms with Crippen LogP contribution in [-0.4, -0.2) is 32.9 Å². The van der Waals surface area contributed by atoms with E-state index in [0.717, 1.165) is 37.1 Å². The van der Waals surface area contributed by atoms with E-state index >= 15 is 0 Å². The number of hydrogen-bond acceptors (Lipinski definition) is 3. The van der Waals surface area contributed by atoms with Crippen molar-refractivity contribution in [3.8, 4) is 0 Å². The molecule has 1 heterocycles. The lowest BCUT2D eigenvalue weighted by molar-refractivity contribution is 0.393. The number of anilines is 1. The summed E-state index contributed by atoms with van der Waals surface area (Å²) in [5.74, 6) is 0.368. The van der Waals surface area contributed by atoms with Crippen LogP contribution in [0.2, 0.25) is 0 Å². The van der Waals surface area contributed by atoms with Crippen molar-refractivity contribution in [3.05, 3.63) is 23.8 Å². The van der Waals surface area contributed by atoms with Crippen LogP contribution >= 0.6 is 0 Å². The fraction of sp³-hybridized carbons (Fsp3) is 0.600. The zero-order chi connectivity index (χ0) is 14.8. The summed E-state index contributed by atoms with van der Waals surface area (Å²) in [6.07, 6.45) is 2.79. The van der Waals surface area contributed by atoms with Crippen molar-refractivity contribution in [1.82, 2.24) is 4.31 Å². The van der Waals surface area contributed by atoms with E-state index in [1.54, 1.807) is 13.1 Å². The summed E-state index contributed by atoms with van der Waals surface area (Å²) < 4.78 is 27.0. The zero-order valence-corrected chi connectivity index (χ0v) is 13.3. The predicted molar refractivity (Wildman–Crippen MR) is 82.5 cm³/mol. The number of sulfonamides is 1. The molecule has 0 bridgehead atoms. The van der Waals surface area contributed by atoms with E-state index in [1.807, 2.05) is 12.1 Å². The molecule has 1 aliphatic rings. The Hall–Kier alpha value is -1.07. The molecule has 0 spiro atoms. The molecule has 112 valence electrons. The van der Waals surface area contributed by atoms with Crippen LogP contribution in [0.5, 0.6) is 0 Å². The van der Waals surface area contributed by atoms with Crippen LogP contribution in [0.15, 0.2) is 23.1 Å². The normalized spacial score (nSPS) is 16.6. The van der Waals surface area contributed by atoms with Gasteiger partial charge in [-0.05, 0) is 36.5 Å². The zero-order valence-electron chi connectivity index (χ0n) is 12.5. The van der Waals surface area contributed by atoms with Crippen LogP contribution in [0.4, 0.5) is 5.69 Å². The summed E-state index contributed by atoms with van der Waals surface area (Å²) in [7, 11) is -1.71. The standard InChI is InChI=1S/C15H24N2O2S/c1-4-12(2)11-17(3)20(18,19)15-9-5-8-14-13(15)7-6-10-16-14/h5,8-9,12,16H,4,6-7,10-11H2,1-3H3. The van der Waals surface area contributed by atoms with Crippen molar-refractivity contribution in [2.75, 3.05) is 25.5 Å². The third-order valence-corrected chi connectivity index (χ3v) is 5.91. The highest BCUT2D eigenvalue weighted by Gasteiger charge is 2.26. The van der Waals surface area contributed by atoms with E-state index in [0.29, 0.717) is 17.4 Å². The van der Waals surface area contributed by atoms with Crippen molar-refractivity contribution >= 4 is 15.7 Å². The highest BCUT2D eigenvalue weighted by atomic mass is 32.2. The van der Waals surface area contributed by atoms with Gasteiger partial charge in [0.2, 0.25) is 10.0 Å². The minimum absolute atomic E-state index is 0.368. The lowest BCUT2D eigenvalue weighted by Crippen LogP contribution is -2.32. The number of benzene rings is 1. The molecular formula is C15H24N2O2S. The number of nitrogens with one attached hydrogen (secondary N) is 1. The van der Waals surface area contributed by atoms with Crippen molar-refractivity contribution in [1.29, 1.82) is 0 Å². The summed E-state index contributed by atoms with van der Waals surface area (Å²) in [5, 5.41) is 3.28. The molecule has 4 nitrogen and oxygen atoms in total. The third-order valence-electron chi connectivity index (χ3n) is 4.01. The molecule has 1 aromatic rings. The monoisotopic (exact) mass is 296 g/mol. The van der Waals surface area contributed by atoms with Gasteiger partial charge in [-0.3, -0.25) is 0 Å². The molecule has 5 heteroatoms. The summed E-state index contributed by atoms with van der Waals surface area (Å²) in [6.45, 7) is 5.64. The molecule has 0 saturated heterocycles. The minimum atomic E-state index is -3.39. The lowest BCUT2D eigenvalue weighted by Gasteiger charge is -2.25. The molecule has 0 radical (unpaired) electrons. The Morgan fingerprint density at radius 3 is 2.85 bits per heavy atom. The predicted octanol–water partition coefficient (Wildman–Crippen LogP) is 2.71. The van der Waals surface area contributed by atoms with Crippen molar-refractivity contribution < 1.29 is 8.42 Å². The number of hydrogen-bond donors (Lipinski definition) is 1. The van der Waals surface area contributed by atoms with Gasteiger partial charge in [-0.2, -0.15) is 0 Å². The van der Waals surface area contributed by atoms with Gasteiger partial charge in [0.05, 0.1) is 4.90 Å². The molecular weight excluding hydrogens is 272 g/mol. The van der Waals surface area contributed by atoms with E-state index in [2.05, 4.69) is 19.2 Å². The summed E-state index contributed by atoms with van der Waals surface area (Å²) >= 11 is 0. The Labute approximate surface area is 122 Å². The maximum atomic E-state index is 12.8. The molecule has 1 aromatic carbocycles. The van der Waals surface area contributed by atoms with Gasteiger partial charge in [-0.25, -0.2) is 12.7 Å². The van der Waals surface area contributed by atoms with Gasteiger partial charge in [-0.1, -0.05) is 26.3 Å². The van der Waals surface area contributed by atoms with E-state index in [4.69, 9.17) is 0 Å². The molecule has 20 heavy (non-hydrogen) atoms. The van der Waals surface area contributed by atoms with Crippen LogP contribution in [0, 0.1) is 5.92 Å². The first kappa shape index (κ1) is 15.3. The highest BCUT2D eigenvalue weighted by Crippen LogP contribution is 2.30. The highest BCUT2D eigenvalue weighted by molar-refractivity contribution is 7.89. The first-order valence-corrected chi connectivity index (χ1v) is 8.73.